The number of ether oxygens (including phenoxy) is 1. The number of carbonyl (C=O) groups is 1. The number of hydrogen-bond donors (Lipinski definition) is 1. The van der Waals surface area contributed by atoms with E-state index >= 15 is 0 Å². The zero-order valence-corrected chi connectivity index (χ0v) is 13.3. The van der Waals surface area contributed by atoms with Crippen LogP contribution in [0.2, 0.25) is 5.02 Å². The summed E-state index contributed by atoms with van der Waals surface area (Å²) in [5, 5.41) is 5.21. The molecule has 1 aliphatic carbocycles. The van der Waals surface area contributed by atoms with Crippen LogP contribution in [0.1, 0.15) is 43.0 Å². The van der Waals surface area contributed by atoms with E-state index in [0.29, 0.717) is 5.92 Å². The fourth-order valence-corrected chi connectivity index (χ4v) is 3.23. The Bertz CT molecular complexity index is 644. The van der Waals surface area contributed by atoms with Gasteiger partial charge in [-0.15, -0.1) is 0 Å². The van der Waals surface area contributed by atoms with Crippen LogP contribution in [-0.4, -0.2) is 20.5 Å². The molecule has 0 radical (unpaired) electrons. The lowest BCUT2D eigenvalue weighted by Gasteiger charge is -2.28. The van der Waals surface area contributed by atoms with Crippen LogP contribution in [0.4, 0.5) is 0 Å². The molecule has 2 atom stereocenters. The average Bonchev–Trinajstić information content (AvgIpc) is 2.40. The highest BCUT2D eigenvalue weighted by atomic mass is 35.5. The number of rotatable bonds is 3. The van der Waals surface area contributed by atoms with Crippen LogP contribution in [0.3, 0.4) is 0 Å². The lowest BCUT2D eigenvalue weighted by atomic mass is 9.88. The van der Waals surface area contributed by atoms with Crippen LogP contribution in [0.25, 0.3) is 0 Å². The largest absolute Gasteiger partial charge is 0.458 e. The lowest BCUT2D eigenvalue weighted by molar-refractivity contribution is 0.00481. The van der Waals surface area contributed by atoms with Crippen LogP contribution in [0, 0.1) is 5.92 Å². The van der Waals surface area contributed by atoms with E-state index in [1.54, 1.807) is 0 Å². The van der Waals surface area contributed by atoms with Crippen molar-refractivity contribution in [1.29, 1.82) is 0 Å². The Hall–Kier alpha value is -1.11. The molecule has 0 saturated heterocycles. The minimum Gasteiger partial charge on any atom is -0.458 e. The molecule has 116 valence electrons. The van der Waals surface area contributed by atoms with Gasteiger partial charge < -0.3 is 4.74 Å². The van der Waals surface area contributed by atoms with Crippen LogP contribution in [0.5, 0.6) is 0 Å². The van der Waals surface area contributed by atoms with E-state index in [0.717, 1.165) is 31.7 Å². The van der Waals surface area contributed by atoms with Gasteiger partial charge in [0, 0.05) is 0 Å². The zero-order valence-electron chi connectivity index (χ0n) is 11.7. The average molecular weight is 332 g/mol. The summed E-state index contributed by atoms with van der Waals surface area (Å²) in [6.07, 6.45) is 3.84. The van der Waals surface area contributed by atoms with Gasteiger partial charge >= 0.3 is 5.97 Å². The number of nitrogens with two attached hydrogens (primary N) is 1. The smallest absolute Gasteiger partial charge is 0.339 e. The maximum Gasteiger partial charge on any atom is 0.339 e. The van der Waals surface area contributed by atoms with Gasteiger partial charge in [-0.2, -0.15) is 0 Å². The summed E-state index contributed by atoms with van der Waals surface area (Å²) in [5.41, 5.74) is 0.0287. The van der Waals surface area contributed by atoms with Gasteiger partial charge in [-0.3, -0.25) is 0 Å². The predicted octanol–water partition coefficient (Wildman–Crippen LogP) is 2.72. The van der Waals surface area contributed by atoms with Gasteiger partial charge in [0.2, 0.25) is 10.0 Å². The number of carbonyl (C=O) groups excluding carboxylic acids is 1. The fraction of sp³-hybridized carbons (Fsp3) is 0.500. The predicted molar refractivity (Wildman–Crippen MR) is 79.7 cm³/mol. The highest BCUT2D eigenvalue weighted by Gasteiger charge is 2.26. The molecule has 1 saturated carbocycles. The van der Waals surface area contributed by atoms with E-state index < -0.39 is 16.0 Å². The second-order valence-corrected chi connectivity index (χ2v) is 7.36. The van der Waals surface area contributed by atoms with Gasteiger partial charge in [-0.25, -0.2) is 18.4 Å². The number of hydrogen-bond acceptors (Lipinski definition) is 4. The molecule has 0 aliphatic heterocycles. The third kappa shape index (κ3) is 3.96. The second kappa shape index (κ2) is 6.34. The SMILES string of the molecule is CC1CCCCC1OC(=O)c1cc(S(N)(=O)=O)ccc1Cl. The standard InChI is InChI=1S/C14H18ClNO4S/c1-9-4-2-3-5-13(9)20-14(17)11-8-10(21(16,18)19)6-7-12(11)15/h6-9,13H,2-5H2,1H3,(H2,16,18,19). The normalized spacial score (nSPS) is 22.8. The van der Waals surface area contributed by atoms with Crippen molar-refractivity contribution in [2.45, 2.75) is 43.6 Å². The molecule has 1 aromatic rings. The van der Waals surface area contributed by atoms with Crippen LogP contribution in [0.15, 0.2) is 23.1 Å². The summed E-state index contributed by atoms with van der Waals surface area (Å²) in [7, 11) is -3.89. The molecule has 1 aromatic carbocycles. The molecule has 2 unspecified atom stereocenters. The Kier molecular flexibility index (Phi) is 4.91. The topological polar surface area (TPSA) is 86.5 Å². The van der Waals surface area contributed by atoms with E-state index in [1.807, 2.05) is 6.92 Å². The van der Waals surface area contributed by atoms with Crippen LogP contribution < -0.4 is 5.14 Å². The summed E-state index contributed by atoms with van der Waals surface area (Å²) in [5.74, 6) is -0.313. The van der Waals surface area contributed by atoms with Gasteiger partial charge in [0.1, 0.15) is 6.10 Å². The summed E-state index contributed by atoms with van der Waals surface area (Å²) in [6, 6.07) is 3.76. The van der Waals surface area contributed by atoms with Crippen molar-refractivity contribution < 1.29 is 17.9 Å². The molecule has 5 nitrogen and oxygen atoms in total. The molecule has 2 N–H and O–H groups in total. The maximum absolute atomic E-state index is 12.2. The fourth-order valence-electron chi connectivity index (χ4n) is 2.50. The van der Waals surface area contributed by atoms with E-state index in [9.17, 15) is 13.2 Å². The number of esters is 1. The summed E-state index contributed by atoms with van der Waals surface area (Å²) in [4.78, 5) is 12.1. The molecule has 0 heterocycles. The Balaban J connectivity index is 2.22. The quantitative estimate of drug-likeness (QED) is 0.863. The van der Waals surface area contributed by atoms with Gasteiger partial charge in [0.15, 0.2) is 0 Å². The van der Waals surface area contributed by atoms with Gasteiger partial charge in [0.25, 0.3) is 0 Å². The Morgan fingerprint density at radius 3 is 2.62 bits per heavy atom. The third-order valence-electron chi connectivity index (χ3n) is 3.78. The van der Waals surface area contributed by atoms with Crippen molar-refractivity contribution in [1.82, 2.24) is 0 Å². The molecule has 0 amide bonds. The molecular formula is C14H18ClNO4S. The van der Waals surface area contributed by atoms with Crippen molar-refractivity contribution in [3.8, 4) is 0 Å². The molecule has 0 bridgehead atoms. The van der Waals surface area contributed by atoms with E-state index in [1.165, 1.54) is 12.1 Å². The molecular weight excluding hydrogens is 314 g/mol. The minimum atomic E-state index is -3.89. The maximum atomic E-state index is 12.2. The molecule has 1 fully saturated rings. The number of benzene rings is 1. The monoisotopic (exact) mass is 331 g/mol. The van der Waals surface area contributed by atoms with Crippen molar-refractivity contribution in [3.05, 3.63) is 28.8 Å². The second-order valence-electron chi connectivity index (χ2n) is 5.39. The summed E-state index contributed by atoms with van der Waals surface area (Å²) < 4.78 is 28.2. The summed E-state index contributed by atoms with van der Waals surface area (Å²) in [6.45, 7) is 2.04. The summed E-state index contributed by atoms with van der Waals surface area (Å²) >= 11 is 5.96. The molecule has 0 spiro atoms. The number of primary sulfonamides is 1. The van der Waals surface area contributed by atoms with E-state index in [2.05, 4.69) is 0 Å². The van der Waals surface area contributed by atoms with Crippen molar-refractivity contribution >= 4 is 27.6 Å². The Morgan fingerprint density at radius 1 is 1.33 bits per heavy atom. The molecule has 21 heavy (non-hydrogen) atoms. The van der Waals surface area contributed by atoms with Crippen LogP contribution >= 0.6 is 11.6 Å². The van der Waals surface area contributed by atoms with Gasteiger partial charge in [-0.05, 0) is 43.4 Å². The van der Waals surface area contributed by atoms with E-state index in [-0.39, 0.29) is 21.6 Å². The Morgan fingerprint density at radius 2 is 2.00 bits per heavy atom. The first kappa shape index (κ1) is 16.3. The number of sulfonamides is 1. The molecule has 7 heteroatoms. The van der Waals surface area contributed by atoms with Crippen molar-refractivity contribution in [3.63, 3.8) is 0 Å². The first-order valence-electron chi connectivity index (χ1n) is 6.82. The van der Waals surface area contributed by atoms with Crippen molar-refractivity contribution in [2.24, 2.45) is 11.1 Å². The highest BCUT2D eigenvalue weighted by Crippen LogP contribution is 2.28. The number of halogens is 1. The van der Waals surface area contributed by atoms with Gasteiger partial charge in [0.05, 0.1) is 15.5 Å². The molecule has 0 aromatic heterocycles. The highest BCUT2D eigenvalue weighted by molar-refractivity contribution is 7.89. The zero-order chi connectivity index (χ0) is 15.6. The Labute approximate surface area is 129 Å². The lowest BCUT2D eigenvalue weighted by Crippen LogP contribution is -2.28. The first-order chi connectivity index (χ1) is 9.79. The first-order valence-corrected chi connectivity index (χ1v) is 8.75. The van der Waals surface area contributed by atoms with E-state index in [4.69, 9.17) is 21.5 Å². The molecule has 1 aliphatic rings. The van der Waals surface area contributed by atoms with Gasteiger partial charge in [-0.1, -0.05) is 24.9 Å². The van der Waals surface area contributed by atoms with Crippen LogP contribution in [-0.2, 0) is 14.8 Å². The third-order valence-corrected chi connectivity index (χ3v) is 5.02. The minimum absolute atomic E-state index is 0.0287. The molecule has 2 rings (SSSR count). The van der Waals surface area contributed by atoms with Crippen molar-refractivity contribution in [2.75, 3.05) is 0 Å².